The van der Waals surface area contributed by atoms with Crippen LogP contribution in [0, 0.1) is 5.92 Å². The second kappa shape index (κ2) is 4.79. The third kappa shape index (κ3) is 2.70. The van der Waals surface area contributed by atoms with Gasteiger partial charge < -0.3 is 9.84 Å². The van der Waals surface area contributed by atoms with Crippen molar-refractivity contribution in [2.24, 2.45) is 5.92 Å². The van der Waals surface area contributed by atoms with E-state index in [2.05, 4.69) is 32.0 Å². The van der Waals surface area contributed by atoms with E-state index < -0.39 is 5.60 Å². The number of ether oxygens (including phenoxy) is 1. The standard InChI is InChI=1S/C15H22O2/c1-11(2)15(3,16)10-14-13-7-5-4-6-12(13)8-9-17-14/h4-7,11,14,16H,8-10H2,1-3H3. The van der Waals surface area contributed by atoms with Gasteiger partial charge in [0.15, 0.2) is 0 Å². The van der Waals surface area contributed by atoms with Crippen molar-refractivity contribution in [1.82, 2.24) is 0 Å². The van der Waals surface area contributed by atoms with Gasteiger partial charge in [0.05, 0.1) is 18.3 Å². The Morgan fingerprint density at radius 3 is 2.82 bits per heavy atom. The van der Waals surface area contributed by atoms with Gasteiger partial charge >= 0.3 is 0 Å². The van der Waals surface area contributed by atoms with Gasteiger partial charge in [0.2, 0.25) is 0 Å². The van der Waals surface area contributed by atoms with Crippen LogP contribution in [0.3, 0.4) is 0 Å². The van der Waals surface area contributed by atoms with Crippen LogP contribution in [-0.4, -0.2) is 17.3 Å². The minimum atomic E-state index is -0.672. The van der Waals surface area contributed by atoms with Crippen LogP contribution in [0.1, 0.15) is 44.4 Å². The molecule has 0 saturated carbocycles. The molecule has 1 heterocycles. The largest absolute Gasteiger partial charge is 0.390 e. The van der Waals surface area contributed by atoms with E-state index in [1.54, 1.807) is 0 Å². The molecule has 94 valence electrons. The third-order valence-corrected chi connectivity index (χ3v) is 3.93. The molecule has 1 aromatic carbocycles. The first-order chi connectivity index (χ1) is 8.00. The van der Waals surface area contributed by atoms with Gasteiger partial charge in [0, 0.05) is 6.42 Å². The first kappa shape index (κ1) is 12.6. The maximum absolute atomic E-state index is 10.4. The Morgan fingerprint density at radius 1 is 1.41 bits per heavy atom. The molecule has 2 atom stereocenters. The Bertz CT molecular complexity index is 382. The molecule has 0 amide bonds. The highest BCUT2D eigenvalue weighted by molar-refractivity contribution is 5.31. The van der Waals surface area contributed by atoms with Crippen LogP contribution in [0.25, 0.3) is 0 Å². The van der Waals surface area contributed by atoms with Gasteiger partial charge in [0.25, 0.3) is 0 Å². The number of rotatable bonds is 3. The van der Waals surface area contributed by atoms with Crippen molar-refractivity contribution in [3.05, 3.63) is 35.4 Å². The second-order valence-corrected chi connectivity index (χ2v) is 5.52. The molecule has 17 heavy (non-hydrogen) atoms. The summed E-state index contributed by atoms with van der Waals surface area (Å²) in [5.74, 6) is 0.236. The fourth-order valence-electron chi connectivity index (χ4n) is 2.26. The van der Waals surface area contributed by atoms with Crippen LogP contribution < -0.4 is 0 Å². The SMILES string of the molecule is CC(C)C(C)(O)CC1OCCc2ccccc21. The minimum Gasteiger partial charge on any atom is -0.390 e. The summed E-state index contributed by atoms with van der Waals surface area (Å²) < 4.78 is 5.83. The lowest BCUT2D eigenvalue weighted by Crippen LogP contribution is -2.34. The number of hydrogen-bond acceptors (Lipinski definition) is 2. The quantitative estimate of drug-likeness (QED) is 0.870. The molecule has 1 aliphatic heterocycles. The summed E-state index contributed by atoms with van der Waals surface area (Å²) in [6.45, 7) is 6.76. The highest BCUT2D eigenvalue weighted by Gasteiger charge is 2.32. The van der Waals surface area contributed by atoms with Crippen molar-refractivity contribution < 1.29 is 9.84 Å². The van der Waals surface area contributed by atoms with E-state index in [0.29, 0.717) is 6.42 Å². The smallest absolute Gasteiger partial charge is 0.0855 e. The van der Waals surface area contributed by atoms with E-state index in [1.165, 1.54) is 11.1 Å². The third-order valence-electron chi connectivity index (χ3n) is 3.93. The Labute approximate surface area is 104 Å². The number of fused-ring (bicyclic) bond motifs is 1. The van der Waals surface area contributed by atoms with E-state index in [9.17, 15) is 5.11 Å². The fraction of sp³-hybridized carbons (Fsp3) is 0.600. The van der Waals surface area contributed by atoms with Gasteiger partial charge in [-0.2, -0.15) is 0 Å². The highest BCUT2D eigenvalue weighted by Crippen LogP contribution is 2.35. The van der Waals surface area contributed by atoms with E-state index in [1.807, 2.05) is 13.0 Å². The molecule has 1 aromatic rings. The van der Waals surface area contributed by atoms with Gasteiger partial charge in [-0.3, -0.25) is 0 Å². The van der Waals surface area contributed by atoms with Crippen molar-refractivity contribution in [1.29, 1.82) is 0 Å². The molecule has 2 nitrogen and oxygen atoms in total. The lowest BCUT2D eigenvalue weighted by atomic mass is 9.83. The summed E-state index contributed by atoms with van der Waals surface area (Å²) in [4.78, 5) is 0. The molecule has 0 fully saturated rings. The second-order valence-electron chi connectivity index (χ2n) is 5.52. The predicted octanol–water partition coefficient (Wildman–Crippen LogP) is 3.10. The molecule has 1 N–H and O–H groups in total. The van der Waals surface area contributed by atoms with E-state index >= 15 is 0 Å². The van der Waals surface area contributed by atoms with Gasteiger partial charge in [-0.05, 0) is 30.4 Å². The predicted molar refractivity (Wildman–Crippen MR) is 68.9 cm³/mol. The Hall–Kier alpha value is -0.860. The minimum absolute atomic E-state index is 0.0392. The molecule has 2 rings (SSSR count). The average molecular weight is 234 g/mol. The van der Waals surface area contributed by atoms with E-state index in [0.717, 1.165) is 13.0 Å². The van der Waals surface area contributed by atoms with Gasteiger partial charge in [-0.15, -0.1) is 0 Å². The molecule has 0 radical (unpaired) electrons. The Morgan fingerprint density at radius 2 is 2.12 bits per heavy atom. The molecule has 1 aliphatic rings. The summed E-state index contributed by atoms with van der Waals surface area (Å²) in [7, 11) is 0. The number of hydrogen-bond donors (Lipinski definition) is 1. The zero-order valence-corrected chi connectivity index (χ0v) is 10.9. The molecular formula is C15H22O2. The maximum atomic E-state index is 10.4. The van der Waals surface area contributed by atoms with Gasteiger partial charge in [-0.1, -0.05) is 38.1 Å². The molecule has 2 unspecified atom stereocenters. The molecule has 0 aromatic heterocycles. The van der Waals surface area contributed by atoms with Gasteiger partial charge in [-0.25, -0.2) is 0 Å². The van der Waals surface area contributed by atoms with Crippen LogP contribution in [0.2, 0.25) is 0 Å². The Kier molecular flexibility index (Phi) is 3.55. The lowest BCUT2D eigenvalue weighted by Gasteiger charge is -2.34. The molecule has 2 heteroatoms. The molecule has 0 bridgehead atoms. The highest BCUT2D eigenvalue weighted by atomic mass is 16.5. The molecule has 0 spiro atoms. The zero-order chi connectivity index (χ0) is 12.5. The van der Waals surface area contributed by atoms with Crippen molar-refractivity contribution in [3.63, 3.8) is 0 Å². The van der Waals surface area contributed by atoms with E-state index in [-0.39, 0.29) is 12.0 Å². The summed E-state index contributed by atoms with van der Waals surface area (Å²) in [5, 5.41) is 10.4. The van der Waals surface area contributed by atoms with Crippen molar-refractivity contribution in [2.45, 2.75) is 45.3 Å². The maximum Gasteiger partial charge on any atom is 0.0855 e. The van der Waals surface area contributed by atoms with Crippen LogP contribution in [0.4, 0.5) is 0 Å². The normalized spacial score (nSPS) is 23.2. The first-order valence-electron chi connectivity index (χ1n) is 6.42. The lowest BCUT2D eigenvalue weighted by molar-refractivity contribution is -0.0596. The van der Waals surface area contributed by atoms with Crippen LogP contribution in [-0.2, 0) is 11.2 Å². The summed E-state index contributed by atoms with van der Waals surface area (Å²) in [5.41, 5.74) is 1.94. The average Bonchev–Trinajstić information content (AvgIpc) is 2.29. The van der Waals surface area contributed by atoms with Crippen molar-refractivity contribution in [3.8, 4) is 0 Å². The topological polar surface area (TPSA) is 29.5 Å². The fourth-order valence-corrected chi connectivity index (χ4v) is 2.26. The molecule has 0 aliphatic carbocycles. The van der Waals surface area contributed by atoms with E-state index in [4.69, 9.17) is 4.74 Å². The molecule has 0 saturated heterocycles. The summed E-state index contributed by atoms with van der Waals surface area (Å²) in [6.07, 6.45) is 1.69. The van der Waals surface area contributed by atoms with Crippen LogP contribution >= 0.6 is 0 Å². The zero-order valence-electron chi connectivity index (χ0n) is 10.9. The molecular weight excluding hydrogens is 212 g/mol. The number of aliphatic hydroxyl groups is 1. The Balaban J connectivity index is 2.19. The van der Waals surface area contributed by atoms with Crippen LogP contribution in [0.5, 0.6) is 0 Å². The van der Waals surface area contributed by atoms with Crippen molar-refractivity contribution >= 4 is 0 Å². The number of benzene rings is 1. The van der Waals surface area contributed by atoms with Crippen LogP contribution in [0.15, 0.2) is 24.3 Å². The van der Waals surface area contributed by atoms with Gasteiger partial charge in [0.1, 0.15) is 0 Å². The first-order valence-corrected chi connectivity index (χ1v) is 6.42. The van der Waals surface area contributed by atoms with Crippen molar-refractivity contribution in [2.75, 3.05) is 6.61 Å². The summed E-state index contributed by atoms with van der Waals surface area (Å²) in [6, 6.07) is 8.40. The summed E-state index contributed by atoms with van der Waals surface area (Å²) >= 11 is 0. The monoisotopic (exact) mass is 234 g/mol.